The largest absolute Gasteiger partial charge is 0.274 e. The third-order valence-electron chi connectivity index (χ3n) is 4.40. The van der Waals surface area contributed by atoms with E-state index in [1.54, 1.807) is 29.2 Å². The van der Waals surface area contributed by atoms with Gasteiger partial charge in [-0.2, -0.15) is 0 Å². The number of carbonyl (C=O) groups excluding carboxylic acids is 1. The van der Waals surface area contributed by atoms with E-state index < -0.39 is 10.9 Å². The first-order chi connectivity index (χ1) is 11.8. The maximum atomic E-state index is 12.5. The third kappa shape index (κ3) is 2.54. The van der Waals surface area contributed by atoms with E-state index in [4.69, 9.17) is 46.4 Å². The number of β-lactam (4-membered cyclic amide) rings is 1. The number of alkyl halides is 1. The van der Waals surface area contributed by atoms with Crippen LogP contribution in [0.15, 0.2) is 36.4 Å². The van der Waals surface area contributed by atoms with Crippen molar-refractivity contribution in [3.63, 3.8) is 0 Å². The summed E-state index contributed by atoms with van der Waals surface area (Å²) in [5.74, 6) is -0.208. The lowest BCUT2D eigenvalue weighted by Gasteiger charge is -2.52. The lowest BCUT2D eigenvalue weighted by atomic mass is 9.79. The van der Waals surface area contributed by atoms with Crippen LogP contribution in [-0.4, -0.2) is 16.3 Å². The zero-order valence-corrected chi connectivity index (χ0v) is 16.6. The van der Waals surface area contributed by atoms with Crippen molar-refractivity contribution in [3.05, 3.63) is 57.0 Å². The van der Waals surface area contributed by atoms with Gasteiger partial charge in [-0.25, -0.2) is 4.98 Å². The van der Waals surface area contributed by atoms with Gasteiger partial charge in [-0.1, -0.05) is 52.2 Å². The number of aromatic nitrogens is 1. The summed E-state index contributed by atoms with van der Waals surface area (Å²) in [4.78, 5) is 18.7. The second kappa shape index (κ2) is 6.00. The summed E-state index contributed by atoms with van der Waals surface area (Å²) in [6.45, 7) is 1.88. The highest BCUT2D eigenvalue weighted by Gasteiger charge is 2.59. The van der Waals surface area contributed by atoms with Gasteiger partial charge < -0.3 is 0 Å². The Morgan fingerprint density at radius 1 is 1.12 bits per heavy atom. The average molecular weight is 432 g/mol. The van der Waals surface area contributed by atoms with Crippen LogP contribution in [0.25, 0.3) is 10.2 Å². The van der Waals surface area contributed by atoms with Crippen LogP contribution in [0.5, 0.6) is 0 Å². The molecule has 2 unspecified atom stereocenters. The molecule has 2 heterocycles. The Bertz CT molecular complexity index is 1020. The summed E-state index contributed by atoms with van der Waals surface area (Å²) in [6.07, 6.45) is 0. The second-order valence-corrected chi connectivity index (χ2v) is 8.64. The van der Waals surface area contributed by atoms with E-state index in [1.165, 1.54) is 11.3 Å². The van der Waals surface area contributed by atoms with E-state index in [0.717, 1.165) is 15.8 Å². The highest BCUT2D eigenvalue weighted by molar-refractivity contribution is 7.22. The molecule has 1 saturated heterocycles. The van der Waals surface area contributed by atoms with Crippen LogP contribution >= 0.6 is 57.7 Å². The molecule has 8 heteroatoms. The monoisotopic (exact) mass is 430 g/mol. The van der Waals surface area contributed by atoms with Crippen molar-refractivity contribution in [3.8, 4) is 0 Å². The van der Waals surface area contributed by atoms with Crippen molar-refractivity contribution >= 4 is 79.0 Å². The number of halogens is 4. The molecule has 0 bridgehead atoms. The van der Waals surface area contributed by atoms with E-state index in [0.29, 0.717) is 20.2 Å². The zero-order valence-electron chi connectivity index (χ0n) is 12.8. The predicted octanol–water partition coefficient (Wildman–Crippen LogP) is 6.13. The molecule has 25 heavy (non-hydrogen) atoms. The van der Waals surface area contributed by atoms with Gasteiger partial charge in [-0.15, -0.1) is 11.6 Å². The summed E-state index contributed by atoms with van der Waals surface area (Å²) in [5, 5.41) is 1.43. The van der Waals surface area contributed by atoms with Crippen molar-refractivity contribution in [1.29, 1.82) is 0 Å². The van der Waals surface area contributed by atoms with Crippen molar-refractivity contribution in [2.45, 2.75) is 17.8 Å². The number of anilines is 1. The van der Waals surface area contributed by atoms with Crippen molar-refractivity contribution in [1.82, 2.24) is 4.98 Å². The first kappa shape index (κ1) is 17.4. The molecular formula is C17H10Cl4N2OS. The molecule has 3 nitrogen and oxygen atoms in total. The normalized spacial score (nSPS) is 23.2. The van der Waals surface area contributed by atoms with Crippen molar-refractivity contribution in [2.24, 2.45) is 0 Å². The highest BCUT2D eigenvalue weighted by atomic mass is 35.5. The summed E-state index contributed by atoms with van der Waals surface area (Å²) < 4.78 is 0.901. The Hall–Kier alpha value is -1.04. The maximum Gasteiger partial charge on any atom is 0.250 e. The topological polar surface area (TPSA) is 33.2 Å². The molecule has 4 rings (SSSR count). The van der Waals surface area contributed by atoms with Gasteiger partial charge in [-0.3, -0.25) is 9.69 Å². The van der Waals surface area contributed by atoms with Gasteiger partial charge in [0.2, 0.25) is 5.91 Å². The molecule has 0 aliphatic carbocycles. The summed E-state index contributed by atoms with van der Waals surface area (Å²) in [7, 11) is 0. The van der Waals surface area contributed by atoms with E-state index in [2.05, 4.69) is 4.98 Å². The standard InChI is InChI=1S/C17H10Cl4N2OS/c1-17(10-4-2-8(18)6-11(10)20)14(21)15(24)23(17)16-22-12-5-3-9(19)7-13(12)25-16/h2-7,14H,1H3. The number of amides is 1. The van der Waals surface area contributed by atoms with Crippen LogP contribution in [0.2, 0.25) is 15.1 Å². The molecule has 3 aromatic rings. The molecule has 1 amide bonds. The minimum absolute atomic E-state index is 0.208. The summed E-state index contributed by atoms with van der Waals surface area (Å²) in [5.41, 5.74) is 0.702. The number of thiazole rings is 1. The number of rotatable bonds is 2. The fourth-order valence-corrected chi connectivity index (χ4v) is 5.33. The van der Waals surface area contributed by atoms with Crippen LogP contribution in [0.4, 0.5) is 5.13 Å². The van der Waals surface area contributed by atoms with Gasteiger partial charge in [0.15, 0.2) is 5.13 Å². The van der Waals surface area contributed by atoms with Crippen LogP contribution in [0.3, 0.4) is 0 Å². The first-order valence-corrected chi connectivity index (χ1v) is 9.71. The third-order valence-corrected chi connectivity index (χ3v) is 6.80. The minimum atomic E-state index is -0.808. The number of benzene rings is 2. The van der Waals surface area contributed by atoms with Gasteiger partial charge >= 0.3 is 0 Å². The summed E-state index contributed by atoms with van der Waals surface area (Å²) >= 11 is 26.2. The van der Waals surface area contributed by atoms with Gasteiger partial charge in [0, 0.05) is 15.1 Å². The maximum absolute atomic E-state index is 12.5. The fourth-order valence-electron chi connectivity index (χ4n) is 3.06. The number of hydrogen-bond donors (Lipinski definition) is 0. The molecule has 1 aromatic heterocycles. The van der Waals surface area contributed by atoms with Crippen molar-refractivity contribution in [2.75, 3.05) is 4.90 Å². The van der Waals surface area contributed by atoms with E-state index in [1.807, 2.05) is 19.1 Å². The van der Waals surface area contributed by atoms with Crippen LogP contribution < -0.4 is 4.90 Å². The Morgan fingerprint density at radius 2 is 1.80 bits per heavy atom. The molecule has 1 fully saturated rings. The number of fused-ring (bicyclic) bond motifs is 1. The van der Waals surface area contributed by atoms with Crippen molar-refractivity contribution < 1.29 is 4.79 Å². The molecule has 0 spiro atoms. The molecule has 2 atom stereocenters. The van der Waals surface area contributed by atoms with E-state index >= 15 is 0 Å². The second-order valence-electron chi connectivity index (χ2n) is 5.92. The highest BCUT2D eigenvalue weighted by Crippen LogP contribution is 2.51. The van der Waals surface area contributed by atoms with Crippen LogP contribution in [0, 0.1) is 0 Å². The van der Waals surface area contributed by atoms with Gasteiger partial charge in [-0.05, 0) is 42.8 Å². The Labute approximate surface area is 168 Å². The number of hydrogen-bond acceptors (Lipinski definition) is 3. The smallest absolute Gasteiger partial charge is 0.250 e. The quantitative estimate of drug-likeness (QED) is 0.361. The Morgan fingerprint density at radius 3 is 2.52 bits per heavy atom. The van der Waals surface area contributed by atoms with Gasteiger partial charge in [0.05, 0.1) is 15.8 Å². The average Bonchev–Trinajstić information content (AvgIpc) is 2.96. The van der Waals surface area contributed by atoms with E-state index in [9.17, 15) is 4.79 Å². The lowest BCUT2D eigenvalue weighted by Crippen LogP contribution is -2.69. The molecule has 0 N–H and O–H groups in total. The van der Waals surface area contributed by atoms with Gasteiger partial charge in [0.25, 0.3) is 0 Å². The summed E-state index contributed by atoms with van der Waals surface area (Å²) in [6, 6.07) is 10.6. The predicted molar refractivity (Wildman–Crippen MR) is 106 cm³/mol. The van der Waals surface area contributed by atoms with Crippen LogP contribution in [-0.2, 0) is 10.3 Å². The number of carbonyl (C=O) groups is 1. The Balaban J connectivity index is 1.85. The Kier molecular flexibility index (Phi) is 4.17. The van der Waals surface area contributed by atoms with E-state index in [-0.39, 0.29) is 5.91 Å². The molecule has 2 aromatic carbocycles. The molecule has 1 aliphatic rings. The van der Waals surface area contributed by atoms with Crippen LogP contribution in [0.1, 0.15) is 12.5 Å². The molecule has 128 valence electrons. The van der Waals surface area contributed by atoms with Gasteiger partial charge in [0.1, 0.15) is 5.38 Å². The molecular weight excluding hydrogens is 422 g/mol. The molecule has 1 aliphatic heterocycles. The fraction of sp³-hybridized carbons (Fsp3) is 0.176. The minimum Gasteiger partial charge on any atom is -0.274 e. The first-order valence-electron chi connectivity index (χ1n) is 7.32. The lowest BCUT2D eigenvalue weighted by molar-refractivity contribution is -0.126. The number of nitrogens with zero attached hydrogens (tertiary/aromatic N) is 2. The molecule has 0 radical (unpaired) electrons. The SMILES string of the molecule is CC1(c2ccc(Cl)cc2Cl)C(Cl)C(=O)N1c1nc2ccc(Cl)cc2s1. The molecule has 0 saturated carbocycles. The zero-order chi connectivity index (χ0) is 17.9.